The number of nitrogens with one attached hydrogen (secondary N) is 1. The molecule has 242 valence electrons. The quantitative estimate of drug-likeness (QED) is 0.162. The number of unbranched alkanes of at least 4 members (excludes halogenated alkanes) is 3. The van der Waals surface area contributed by atoms with E-state index in [2.05, 4.69) is 45.8 Å². The highest BCUT2D eigenvalue weighted by Crippen LogP contribution is 2.21. The molecule has 0 spiro atoms. The van der Waals surface area contributed by atoms with Crippen molar-refractivity contribution in [3.05, 3.63) is 40.3 Å². The lowest BCUT2D eigenvalue weighted by molar-refractivity contribution is -0.150. The number of likely N-dealkylation sites (tertiary alicyclic amines) is 1. The van der Waals surface area contributed by atoms with Crippen LogP contribution in [0, 0.1) is 5.92 Å². The number of fused-ring (bicyclic) bond motifs is 1. The van der Waals surface area contributed by atoms with Crippen LogP contribution in [0.5, 0.6) is 11.8 Å². The van der Waals surface area contributed by atoms with E-state index in [1.54, 1.807) is 0 Å². The van der Waals surface area contributed by atoms with Crippen molar-refractivity contribution >= 4 is 23.0 Å². The van der Waals surface area contributed by atoms with Gasteiger partial charge in [-0.3, -0.25) is 9.36 Å². The van der Waals surface area contributed by atoms with Gasteiger partial charge >= 0.3 is 17.7 Å². The number of esters is 1. The van der Waals surface area contributed by atoms with E-state index < -0.39 is 0 Å². The predicted octanol–water partition coefficient (Wildman–Crippen LogP) is 3.69. The summed E-state index contributed by atoms with van der Waals surface area (Å²) in [6, 6.07) is 7.91. The van der Waals surface area contributed by atoms with Crippen molar-refractivity contribution in [2.24, 2.45) is 5.92 Å². The van der Waals surface area contributed by atoms with E-state index in [-0.39, 0.29) is 29.4 Å². The molecule has 2 aromatic heterocycles. The van der Waals surface area contributed by atoms with E-state index in [1.807, 2.05) is 24.3 Å². The first kappa shape index (κ1) is 33.3. The maximum absolute atomic E-state index is 12.7. The van der Waals surface area contributed by atoms with Crippen LogP contribution in [-0.2, 0) is 16.1 Å². The van der Waals surface area contributed by atoms with Crippen LogP contribution < -0.4 is 20.9 Å². The molecule has 3 N–H and O–H groups in total. The van der Waals surface area contributed by atoms with E-state index in [4.69, 9.17) is 19.9 Å². The van der Waals surface area contributed by atoms with E-state index in [0.717, 1.165) is 88.9 Å². The average Bonchev–Trinajstić information content (AvgIpc) is 3.33. The lowest BCUT2D eigenvalue weighted by atomic mass is 9.97. The molecule has 44 heavy (non-hydrogen) atoms. The number of imidazole rings is 1. The molecule has 12 heteroatoms. The average molecular weight is 612 g/mol. The van der Waals surface area contributed by atoms with E-state index in [0.29, 0.717) is 37.5 Å². The van der Waals surface area contributed by atoms with E-state index in [9.17, 15) is 9.59 Å². The Balaban J connectivity index is 1.14. The minimum atomic E-state index is -0.303. The van der Waals surface area contributed by atoms with Gasteiger partial charge in [0.1, 0.15) is 11.3 Å². The topological polar surface area (TPSA) is 141 Å². The molecule has 0 radical (unpaired) electrons. The molecular weight excluding hydrogens is 562 g/mol. The van der Waals surface area contributed by atoms with E-state index >= 15 is 0 Å². The van der Waals surface area contributed by atoms with Crippen LogP contribution >= 0.6 is 0 Å². The molecule has 0 aliphatic carbocycles. The Morgan fingerprint density at radius 2 is 1.73 bits per heavy atom. The van der Waals surface area contributed by atoms with Gasteiger partial charge in [0.2, 0.25) is 0 Å². The Labute approximate surface area is 259 Å². The number of nitrogen functional groups attached to an aromatic ring is 1. The fourth-order valence-electron chi connectivity index (χ4n) is 5.26. The number of anilines is 1. The Morgan fingerprint density at radius 1 is 1.00 bits per heavy atom. The number of hydrogen-bond acceptors (Lipinski definition) is 10. The van der Waals surface area contributed by atoms with Gasteiger partial charge in [0, 0.05) is 0 Å². The molecule has 0 atom stereocenters. The van der Waals surface area contributed by atoms with Crippen molar-refractivity contribution in [2.75, 3.05) is 65.8 Å². The molecule has 0 unspecified atom stereocenters. The van der Waals surface area contributed by atoms with Gasteiger partial charge in [-0.05, 0) is 103 Å². The molecule has 1 aliphatic heterocycles. The fraction of sp³-hybridized carbons (Fsp3) is 0.625. The normalized spacial score (nSPS) is 14.4. The zero-order chi connectivity index (χ0) is 31.3. The second-order valence-electron chi connectivity index (χ2n) is 11.8. The molecule has 0 bridgehead atoms. The number of aromatic nitrogens is 4. The number of rotatable bonds is 18. The zero-order valence-electron chi connectivity index (χ0n) is 26.6. The highest BCUT2D eigenvalue weighted by Gasteiger charge is 2.25. The predicted molar refractivity (Wildman–Crippen MR) is 171 cm³/mol. The van der Waals surface area contributed by atoms with Gasteiger partial charge in [-0.15, -0.1) is 0 Å². The standard InChI is InChI=1S/C32H49N7O5/c1-4-5-20-44-31-35-28(33)27-29(36-31)39(32(41)34-27)23-24-10-12-26(13-11-24)42-21-9-7-17-38-18-14-25(15-19-38)30(40)43-22-8-6-16-37(2)3/h10-13,25H,4-9,14-23H2,1-3H3,(H,34,41)(H2,33,35,36). The molecule has 1 fully saturated rings. The summed E-state index contributed by atoms with van der Waals surface area (Å²) in [4.78, 5) is 41.0. The zero-order valence-corrected chi connectivity index (χ0v) is 26.6. The highest BCUT2D eigenvalue weighted by atomic mass is 16.5. The molecular formula is C32H49N7O5. The van der Waals surface area contributed by atoms with Gasteiger partial charge in [-0.1, -0.05) is 25.5 Å². The third-order valence-corrected chi connectivity index (χ3v) is 7.93. The summed E-state index contributed by atoms with van der Waals surface area (Å²) in [5.74, 6) is 0.990. The van der Waals surface area contributed by atoms with Crippen LogP contribution in [0.3, 0.4) is 0 Å². The lowest BCUT2D eigenvalue weighted by Gasteiger charge is -2.30. The monoisotopic (exact) mass is 611 g/mol. The van der Waals surface area contributed by atoms with Gasteiger partial charge < -0.3 is 34.7 Å². The third kappa shape index (κ3) is 9.95. The molecule has 1 saturated heterocycles. The number of carbonyl (C=O) groups excluding carboxylic acids is 1. The fourth-order valence-corrected chi connectivity index (χ4v) is 5.26. The minimum Gasteiger partial charge on any atom is -0.494 e. The first-order chi connectivity index (χ1) is 21.3. The van der Waals surface area contributed by atoms with Crippen molar-refractivity contribution < 1.29 is 19.0 Å². The Morgan fingerprint density at radius 3 is 2.45 bits per heavy atom. The van der Waals surface area contributed by atoms with Gasteiger partial charge in [-0.2, -0.15) is 9.97 Å². The maximum Gasteiger partial charge on any atom is 0.328 e. The van der Waals surface area contributed by atoms with Crippen LogP contribution in [-0.4, -0.2) is 95.4 Å². The third-order valence-electron chi connectivity index (χ3n) is 7.93. The summed E-state index contributed by atoms with van der Waals surface area (Å²) in [5, 5.41) is 0. The van der Waals surface area contributed by atoms with Crippen LogP contribution in [0.4, 0.5) is 5.82 Å². The maximum atomic E-state index is 12.7. The molecule has 1 aliphatic rings. The minimum absolute atomic E-state index is 0.0253. The van der Waals surface area contributed by atoms with Crippen molar-refractivity contribution in [3.8, 4) is 11.8 Å². The van der Waals surface area contributed by atoms with Crippen molar-refractivity contribution in [1.82, 2.24) is 29.3 Å². The number of carbonyl (C=O) groups is 1. The Hall–Kier alpha value is -3.64. The number of nitrogens with two attached hydrogens (primary N) is 1. The number of ether oxygens (including phenoxy) is 3. The number of piperidine rings is 1. The van der Waals surface area contributed by atoms with Crippen LogP contribution in [0.25, 0.3) is 11.2 Å². The summed E-state index contributed by atoms with van der Waals surface area (Å²) in [6.45, 7) is 7.96. The summed E-state index contributed by atoms with van der Waals surface area (Å²) < 4.78 is 18.6. The summed E-state index contributed by atoms with van der Waals surface area (Å²) in [5.41, 5.74) is 7.52. The Kier molecular flexibility index (Phi) is 12.9. The van der Waals surface area contributed by atoms with Gasteiger partial charge in [-0.25, -0.2) is 4.79 Å². The van der Waals surface area contributed by atoms with Gasteiger partial charge in [0.25, 0.3) is 0 Å². The number of nitrogens with zero attached hydrogens (tertiary/aromatic N) is 5. The molecule has 3 aromatic rings. The number of H-pyrrole nitrogens is 1. The summed E-state index contributed by atoms with van der Waals surface area (Å²) in [6.07, 6.45) is 7.57. The molecule has 0 saturated carbocycles. The number of aromatic amines is 1. The van der Waals surface area contributed by atoms with Crippen LogP contribution in [0.15, 0.2) is 29.1 Å². The first-order valence-corrected chi connectivity index (χ1v) is 16.0. The largest absolute Gasteiger partial charge is 0.494 e. The molecule has 4 rings (SSSR count). The molecule has 0 amide bonds. The molecule has 1 aromatic carbocycles. The number of hydrogen-bond donors (Lipinski definition) is 2. The highest BCUT2D eigenvalue weighted by molar-refractivity contribution is 5.82. The second-order valence-corrected chi connectivity index (χ2v) is 11.8. The van der Waals surface area contributed by atoms with Crippen molar-refractivity contribution in [2.45, 2.75) is 64.8 Å². The lowest BCUT2D eigenvalue weighted by Crippen LogP contribution is -2.37. The number of benzene rings is 1. The smallest absolute Gasteiger partial charge is 0.328 e. The van der Waals surface area contributed by atoms with Crippen LogP contribution in [0.2, 0.25) is 0 Å². The summed E-state index contributed by atoms with van der Waals surface area (Å²) in [7, 11) is 4.11. The molecule has 12 nitrogen and oxygen atoms in total. The second kappa shape index (κ2) is 17.0. The van der Waals surface area contributed by atoms with Crippen molar-refractivity contribution in [3.63, 3.8) is 0 Å². The van der Waals surface area contributed by atoms with Crippen molar-refractivity contribution in [1.29, 1.82) is 0 Å². The van der Waals surface area contributed by atoms with Gasteiger partial charge in [0.05, 0.1) is 32.3 Å². The first-order valence-electron chi connectivity index (χ1n) is 16.0. The SMILES string of the molecule is CCCCOc1nc(N)c2[nH]c(=O)n(Cc3ccc(OCCCCN4CCC(C(=O)OCCCCN(C)C)CC4)cc3)c2n1. The Bertz CT molecular complexity index is 1360. The summed E-state index contributed by atoms with van der Waals surface area (Å²) >= 11 is 0. The van der Waals surface area contributed by atoms with Crippen LogP contribution in [0.1, 0.15) is 63.9 Å². The van der Waals surface area contributed by atoms with E-state index in [1.165, 1.54) is 4.57 Å². The molecule has 3 heterocycles. The van der Waals surface area contributed by atoms with Gasteiger partial charge in [0.15, 0.2) is 11.5 Å².